The Morgan fingerprint density at radius 3 is 3.17 bits per heavy atom. The van der Waals surface area contributed by atoms with Crippen LogP contribution < -0.4 is 5.32 Å². The second-order valence-electron chi connectivity index (χ2n) is 3.21. The van der Waals surface area contributed by atoms with Crippen LogP contribution in [0.2, 0.25) is 0 Å². The van der Waals surface area contributed by atoms with Gasteiger partial charge in [0.05, 0.1) is 6.04 Å². The minimum absolute atomic E-state index is 0.393. The molecule has 1 N–H and O–H groups in total. The molecule has 0 aliphatic carbocycles. The lowest BCUT2D eigenvalue weighted by Gasteiger charge is -2.07. The summed E-state index contributed by atoms with van der Waals surface area (Å²) in [6.07, 6.45) is 4.24. The molecule has 3 heteroatoms. The van der Waals surface area contributed by atoms with Gasteiger partial charge in [0, 0.05) is 11.9 Å². The first-order chi connectivity index (χ1) is 5.86. The van der Waals surface area contributed by atoms with E-state index in [1.165, 1.54) is 12.8 Å². The Bertz CT molecular complexity index is 266. The second kappa shape index (κ2) is 3.19. The SMILES string of the molecule is Cc1ccnc([C@@H]2CCCN2)n1. The molecule has 2 heterocycles. The van der Waals surface area contributed by atoms with Gasteiger partial charge in [-0.2, -0.15) is 0 Å². The Morgan fingerprint density at radius 1 is 1.58 bits per heavy atom. The third-order valence-corrected chi connectivity index (χ3v) is 2.19. The van der Waals surface area contributed by atoms with Crippen molar-refractivity contribution in [3.63, 3.8) is 0 Å². The van der Waals surface area contributed by atoms with Crippen molar-refractivity contribution in [2.45, 2.75) is 25.8 Å². The molecule has 1 aromatic rings. The van der Waals surface area contributed by atoms with Crippen LogP contribution in [0.4, 0.5) is 0 Å². The van der Waals surface area contributed by atoms with E-state index in [0.29, 0.717) is 6.04 Å². The number of nitrogens with one attached hydrogen (secondary N) is 1. The fraction of sp³-hybridized carbons (Fsp3) is 0.556. The molecule has 3 nitrogen and oxygen atoms in total. The summed E-state index contributed by atoms with van der Waals surface area (Å²) < 4.78 is 0. The molecule has 0 unspecified atom stereocenters. The predicted molar refractivity (Wildman–Crippen MR) is 46.7 cm³/mol. The predicted octanol–water partition coefficient (Wildman–Crippen LogP) is 1.21. The highest BCUT2D eigenvalue weighted by Gasteiger charge is 2.18. The fourth-order valence-corrected chi connectivity index (χ4v) is 1.54. The van der Waals surface area contributed by atoms with Crippen LogP contribution in [0.5, 0.6) is 0 Å². The number of aromatic nitrogens is 2. The van der Waals surface area contributed by atoms with Crippen molar-refractivity contribution in [2.24, 2.45) is 0 Å². The van der Waals surface area contributed by atoms with Gasteiger partial charge in [-0.3, -0.25) is 0 Å². The molecule has 0 bridgehead atoms. The van der Waals surface area contributed by atoms with Crippen molar-refractivity contribution < 1.29 is 0 Å². The fourth-order valence-electron chi connectivity index (χ4n) is 1.54. The molecule has 0 radical (unpaired) electrons. The topological polar surface area (TPSA) is 37.8 Å². The molecule has 2 rings (SSSR count). The Morgan fingerprint density at radius 2 is 2.50 bits per heavy atom. The van der Waals surface area contributed by atoms with Crippen molar-refractivity contribution in [1.29, 1.82) is 0 Å². The summed E-state index contributed by atoms with van der Waals surface area (Å²) in [4.78, 5) is 8.63. The quantitative estimate of drug-likeness (QED) is 0.676. The van der Waals surface area contributed by atoms with Crippen molar-refractivity contribution >= 4 is 0 Å². The van der Waals surface area contributed by atoms with Gasteiger partial charge in [0.15, 0.2) is 0 Å². The number of hydrogen-bond donors (Lipinski definition) is 1. The highest BCUT2D eigenvalue weighted by Crippen LogP contribution is 2.18. The Hall–Kier alpha value is -0.960. The Labute approximate surface area is 72.2 Å². The molecular formula is C9H13N3. The Balaban J connectivity index is 2.21. The summed E-state index contributed by atoms with van der Waals surface area (Å²) in [5, 5.41) is 3.38. The minimum atomic E-state index is 0.393. The molecular weight excluding hydrogens is 150 g/mol. The van der Waals surface area contributed by atoms with Crippen LogP contribution in [-0.4, -0.2) is 16.5 Å². The third-order valence-electron chi connectivity index (χ3n) is 2.19. The number of aryl methyl sites for hydroxylation is 1. The van der Waals surface area contributed by atoms with Crippen LogP contribution in [0, 0.1) is 6.92 Å². The van der Waals surface area contributed by atoms with Gasteiger partial charge in [-0.1, -0.05) is 0 Å². The molecule has 1 aromatic heterocycles. The second-order valence-corrected chi connectivity index (χ2v) is 3.21. The van der Waals surface area contributed by atoms with E-state index in [0.717, 1.165) is 18.1 Å². The summed E-state index contributed by atoms with van der Waals surface area (Å²) in [5.74, 6) is 0.951. The molecule has 12 heavy (non-hydrogen) atoms. The lowest BCUT2D eigenvalue weighted by atomic mass is 10.2. The maximum Gasteiger partial charge on any atom is 0.145 e. The smallest absolute Gasteiger partial charge is 0.145 e. The van der Waals surface area contributed by atoms with Gasteiger partial charge in [-0.25, -0.2) is 9.97 Å². The molecule has 1 fully saturated rings. The number of rotatable bonds is 1. The van der Waals surface area contributed by atoms with E-state index in [4.69, 9.17) is 0 Å². The van der Waals surface area contributed by atoms with E-state index in [9.17, 15) is 0 Å². The van der Waals surface area contributed by atoms with E-state index in [-0.39, 0.29) is 0 Å². The molecule has 1 aliphatic rings. The molecule has 1 saturated heterocycles. The van der Waals surface area contributed by atoms with Crippen molar-refractivity contribution in [3.05, 3.63) is 23.8 Å². The normalized spacial score (nSPS) is 22.9. The molecule has 0 saturated carbocycles. The first-order valence-electron chi connectivity index (χ1n) is 4.39. The van der Waals surface area contributed by atoms with Gasteiger partial charge >= 0.3 is 0 Å². The van der Waals surface area contributed by atoms with Crippen LogP contribution in [0.25, 0.3) is 0 Å². The maximum atomic E-state index is 4.38. The molecule has 64 valence electrons. The van der Waals surface area contributed by atoms with Crippen molar-refractivity contribution in [1.82, 2.24) is 15.3 Å². The first-order valence-corrected chi connectivity index (χ1v) is 4.39. The van der Waals surface area contributed by atoms with E-state index in [2.05, 4.69) is 15.3 Å². The van der Waals surface area contributed by atoms with Crippen LogP contribution in [-0.2, 0) is 0 Å². The molecule has 1 aliphatic heterocycles. The van der Waals surface area contributed by atoms with Crippen LogP contribution in [0.3, 0.4) is 0 Å². The highest BCUT2D eigenvalue weighted by atomic mass is 15.0. The van der Waals surface area contributed by atoms with Crippen molar-refractivity contribution in [3.8, 4) is 0 Å². The molecule has 1 atom stereocenters. The molecule has 0 amide bonds. The Kier molecular flexibility index (Phi) is 2.04. The number of hydrogen-bond acceptors (Lipinski definition) is 3. The van der Waals surface area contributed by atoms with E-state index < -0.39 is 0 Å². The van der Waals surface area contributed by atoms with E-state index >= 15 is 0 Å². The lowest BCUT2D eigenvalue weighted by Crippen LogP contribution is -2.15. The average Bonchev–Trinajstić information content (AvgIpc) is 2.56. The zero-order valence-corrected chi connectivity index (χ0v) is 7.25. The van der Waals surface area contributed by atoms with Gasteiger partial charge in [0.1, 0.15) is 5.82 Å². The van der Waals surface area contributed by atoms with Crippen LogP contribution >= 0.6 is 0 Å². The number of nitrogens with zero attached hydrogens (tertiary/aromatic N) is 2. The summed E-state index contributed by atoms with van der Waals surface area (Å²) in [6, 6.07) is 2.32. The van der Waals surface area contributed by atoms with Crippen LogP contribution in [0.1, 0.15) is 30.4 Å². The standard InChI is InChI=1S/C9H13N3/c1-7-4-6-11-9(12-7)8-3-2-5-10-8/h4,6,8,10H,2-3,5H2,1H3/t8-/m0/s1. The zero-order chi connectivity index (χ0) is 8.39. The van der Waals surface area contributed by atoms with E-state index in [1.807, 2.05) is 19.2 Å². The summed E-state index contributed by atoms with van der Waals surface area (Å²) in [5.41, 5.74) is 1.05. The average molecular weight is 163 g/mol. The monoisotopic (exact) mass is 163 g/mol. The van der Waals surface area contributed by atoms with Gasteiger partial charge in [-0.05, 0) is 32.4 Å². The first kappa shape index (κ1) is 7.68. The van der Waals surface area contributed by atoms with E-state index in [1.54, 1.807) is 0 Å². The van der Waals surface area contributed by atoms with Gasteiger partial charge < -0.3 is 5.32 Å². The van der Waals surface area contributed by atoms with Crippen molar-refractivity contribution in [2.75, 3.05) is 6.54 Å². The summed E-state index contributed by atoms with van der Waals surface area (Å²) in [7, 11) is 0. The van der Waals surface area contributed by atoms with Gasteiger partial charge in [0.25, 0.3) is 0 Å². The summed E-state index contributed by atoms with van der Waals surface area (Å²) in [6.45, 7) is 3.10. The van der Waals surface area contributed by atoms with Gasteiger partial charge in [-0.15, -0.1) is 0 Å². The highest BCUT2D eigenvalue weighted by molar-refractivity contribution is 5.04. The maximum absolute atomic E-state index is 4.38. The minimum Gasteiger partial charge on any atom is -0.307 e. The third kappa shape index (κ3) is 1.46. The molecule has 0 spiro atoms. The summed E-state index contributed by atoms with van der Waals surface area (Å²) >= 11 is 0. The lowest BCUT2D eigenvalue weighted by molar-refractivity contribution is 0.602. The van der Waals surface area contributed by atoms with Gasteiger partial charge in [0.2, 0.25) is 0 Å². The zero-order valence-electron chi connectivity index (χ0n) is 7.25. The van der Waals surface area contributed by atoms with Crippen LogP contribution in [0.15, 0.2) is 12.3 Å². The molecule has 0 aromatic carbocycles. The largest absolute Gasteiger partial charge is 0.307 e.